The molecule has 2 heterocycles. The van der Waals surface area contributed by atoms with E-state index < -0.39 is 0 Å². The minimum Gasteiger partial charge on any atom is -0.396 e. The van der Waals surface area contributed by atoms with Crippen molar-refractivity contribution in [3.05, 3.63) is 53.9 Å². The van der Waals surface area contributed by atoms with E-state index in [0.29, 0.717) is 25.2 Å². The number of amides is 1. The Kier molecular flexibility index (Phi) is 4.01. The van der Waals surface area contributed by atoms with Crippen molar-refractivity contribution in [2.45, 2.75) is 13.0 Å². The van der Waals surface area contributed by atoms with Gasteiger partial charge in [-0.1, -0.05) is 30.3 Å². The molecule has 1 aromatic heterocycles. The van der Waals surface area contributed by atoms with Gasteiger partial charge in [-0.05, 0) is 12.0 Å². The highest BCUT2D eigenvalue weighted by molar-refractivity contribution is 5.93. The number of rotatable bonds is 4. The van der Waals surface area contributed by atoms with Crippen molar-refractivity contribution in [2.24, 2.45) is 5.92 Å². The smallest absolute Gasteiger partial charge is 0.257 e. The first-order valence-corrected chi connectivity index (χ1v) is 7.23. The van der Waals surface area contributed by atoms with Crippen LogP contribution in [0.15, 0.2) is 42.7 Å². The highest BCUT2D eigenvalue weighted by Crippen LogP contribution is 2.18. The van der Waals surface area contributed by atoms with Crippen molar-refractivity contribution in [3.8, 4) is 0 Å². The summed E-state index contributed by atoms with van der Waals surface area (Å²) in [6.07, 6.45) is 4.29. The fourth-order valence-corrected chi connectivity index (χ4v) is 2.68. The molecule has 0 aliphatic carbocycles. The third kappa shape index (κ3) is 3.13. The van der Waals surface area contributed by atoms with Gasteiger partial charge in [-0.3, -0.25) is 9.48 Å². The van der Waals surface area contributed by atoms with Crippen molar-refractivity contribution in [2.75, 3.05) is 19.7 Å². The fraction of sp³-hybridized carbons (Fsp3) is 0.375. The van der Waals surface area contributed by atoms with Gasteiger partial charge in [0, 0.05) is 31.8 Å². The van der Waals surface area contributed by atoms with Crippen LogP contribution in [0.25, 0.3) is 0 Å². The van der Waals surface area contributed by atoms with Gasteiger partial charge in [-0.2, -0.15) is 5.10 Å². The third-order valence-electron chi connectivity index (χ3n) is 3.90. The quantitative estimate of drug-likeness (QED) is 0.923. The summed E-state index contributed by atoms with van der Waals surface area (Å²) in [7, 11) is 0. The Morgan fingerprint density at radius 2 is 2.14 bits per heavy atom. The second kappa shape index (κ2) is 6.10. The summed E-state index contributed by atoms with van der Waals surface area (Å²) in [6.45, 7) is 2.16. The van der Waals surface area contributed by atoms with E-state index in [4.69, 9.17) is 5.11 Å². The van der Waals surface area contributed by atoms with Crippen molar-refractivity contribution < 1.29 is 9.90 Å². The zero-order valence-corrected chi connectivity index (χ0v) is 11.9. The van der Waals surface area contributed by atoms with Gasteiger partial charge in [-0.25, -0.2) is 0 Å². The summed E-state index contributed by atoms with van der Waals surface area (Å²) in [4.78, 5) is 14.2. The highest BCUT2D eigenvalue weighted by atomic mass is 16.3. The van der Waals surface area contributed by atoms with Crippen LogP contribution in [-0.2, 0) is 6.54 Å². The molecule has 1 aliphatic heterocycles. The van der Waals surface area contributed by atoms with E-state index in [0.717, 1.165) is 12.0 Å². The van der Waals surface area contributed by atoms with E-state index in [9.17, 15) is 4.79 Å². The summed E-state index contributed by atoms with van der Waals surface area (Å²) in [6, 6.07) is 10.0. The Bertz CT molecular complexity index is 609. The van der Waals surface area contributed by atoms with E-state index in [1.807, 2.05) is 30.3 Å². The van der Waals surface area contributed by atoms with E-state index >= 15 is 0 Å². The molecular formula is C16H19N3O2. The Morgan fingerprint density at radius 1 is 1.33 bits per heavy atom. The van der Waals surface area contributed by atoms with Gasteiger partial charge in [0.05, 0.1) is 18.3 Å². The van der Waals surface area contributed by atoms with Gasteiger partial charge < -0.3 is 10.0 Å². The second-order valence-electron chi connectivity index (χ2n) is 5.50. The minimum atomic E-state index is 0.00487. The Balaban J connectivity index is 1.66. The molecule has 1 amide bonds. The maximum Gasteiger partial charge on any atom is 0.257 e. The first-order valence-electron chi connectivity index (χ1n) is 7.23. The molecule has 1 aromatic carbocycles. The lowest BCUT2D eigenvalue weighted by Gasteiger charge is -2.14. The van der Waals surface area contributed by atoms with Crippen LogP contribution in [0.1, 0.15) is 22.3 Å². The predicted molar refractivity (Wildman–Crippen MR) is 78.9 cm³/mol. The number of hydrogen-bond donors (Lipinski definition) is 1. The Hall–Kier alpha value is -2.14. The molecule has 1 saturated heterocycles. The van der Waals surface area contributed by atoms with E-state index in [1.54, 1.807) is 22.0 Å². The van der Waals surface area contributed by atoms with Crippen molar-refractivity contribution in [1.29, 1.82) is 0 Å². The number of aliphatic hydroxyl groups excluding tert-OH is 1. The van der Waals surface area contributed by atoms with Crippen LogP contribution in [0.4, 0.5) is 0 Å². The number of aromatic nitrogens is 2. The molecule has 5 nitrogen and oxygen atoms in total. The van der Waals surface area contributed by atoms with Gasteiger partial charge in [-0.15, -0.1) is 0 Å². The second-order valence-corrected chi connectivity index (χ2v) is 5.50. The first-order chi connectivity index (χ1) is 10.3. The van der Waals surface area contributed by atoms with Crippen molar-refractivity contribution in [1.82, 2.24) is 14.7 Å². The topological polar surface area (TPSA) is 58.4 Å². The molecule has 5 heteroatoms. The van der Waals surface area contributed by atoms with Crippen molar-refractivity contribution >= 4 is 5.91 Å². The lowest BCUT2D eigenvalue weighted by atomic mass is 10.1. The molecule has 1 fully saturated rings. The highest BCUT2D eigenvalue weighted by Gasteiger charge is 2.27. The van der Waals surface area contributed by atoms with Gasteiger partial charge in [0.15, 0.2) is 0 Å². The molecule has 1 unspecified atom stereocenters. The number of carbonyl (C=O) groups excluding carboxylic acids is 1. The number of aliphatic hydroxyl groups is 1. The number of hydrogen-bond acceptors (Lipinski definition) is 3. The minimum absolute atomic E-state index is 0.00487. The van der Waals surface area contributed by atoms with Crippen molar-refractivity contribution in [3.63, 3.8) is 0 Å². The molecule has 1 atom stereocenters. The average molecular weight is 285 g/mol. The predicted octanol–water partition coefficient (Wildman–Crippen LogP) is 1.39. The Labute approximate surface area is 123 Å². The summed E-state index contributed by atoms with van der Waals surface area (Å²) in [5.41, 5.74) is 1.77. The molecular weight excluding hydrogens is 266 g/mol. The zero-order chi connectivity index (χ0) is 14.7. The van der Waals surface area contributed by atoms with E-state index in [-0.39, 0.29) is 18.4 Å². The maximum absolute atomic E-state index is 12.4. The largest absolute Gasteiger partial charge is 0.396 e. The number of carbonyl (C=O) groups is 1. The first kappa shape index (κ1) is 13.8. The van der Waals surface area contributed by atoms with Gasteiger partial charge in [0.25, 0.3) is 5.91 Å². The van der Waals surface area contributed by atoms with Crippen LogP contribution in [0.2, 0.25) is 0 Å². The van der Waals surface area contributed by atoms with Gasteiger partial charge in [0.2, 0.25) is 0 Å². The standard InChI is InChI=1S/C16H19N3O2/c20-12-14-6-7-18(9-14)16(21)15-8-17-19(11-15)10-13-4-2-1-3-5-13/h1-5,8,11,14,20H,6-7,9-10,12H2. The summed E-state index contributed by atoms with van der Waals surface area (Å²) in [5, 5.41) is 13.4. The molecule has 1 aliphatic rings. The third-order valence-corrected chi connectivity index (χ3v) is 3.90. The number of nitrogens with zero attached hydrogens (tertiary/aromatic N) is 3. The fourth-order valence-electron chi connectivity index (χ4n) is 2.68. The Morgan fingerprint density at radius 3 is 2.86 bits per heavy atom. The van der Waals surface area contributed by atoms with Crippen LogP contribution in [0.3, 0.4) is 0 Å². The SMILES string of the molecule is O=C(c1cnn(Cc2ccccc2)c1)N1CCC(CO)C1. The van der Waals surface area contributed by atoms with Gasteiger partial charge in [0.1, 0.15) is 0 Å². The van der Waals surface area contributed by atoms with E-state index in [1.165, 1.54) is 0 Å². The molecule has 0 radical (unpaired) electrons. The lowest BCUT2D eigenvalue weighted by Crippen LogP contribution is -2.28. The number of likely N-dealkylation sites (tertiary alicyclic amines) is 1. The molecule has 2 aromatic rings. The van der Waals surface area contributed by atoms with Crippen LogP contribution in [0, 0.1) is 5.92 Å². The van der Waals surface area contributed by atoms with Crippen LogP contribution < -0.4 is 0 Å². The van der Waals surface area contributed by atoms with Crippen LogP contribution >= 0.6 is 0 Å². The number of benzene rings is 1. The molecule has 110 valence electrons. The van der Waals surface area contributed by atoms with Crippen LogP contribution in [-0.4, -0.2) is 45.4 Å². The monoisotopic (exact) mass is 285 g/mol. The molecule has 3 rings (SSSR count). The summed E-state index contributed by atoms with van der Waals surface area (Å²) in [5.74, 6) is 0.221. The molecule has 1 N–H and O–H groups in total. The van der Waals surface area contributed by atoms with Crippen LogP contribution in [0.5, 0.6) is 0 Å². The summed E-state index contributed by atoms with van der Waals surface area (Å²) >= 11 is 0. The molecule has 0 bridgehead atoms. The zero-order valence-electron chi connectivity index (χ0n) is 11.9. The molecule has 0 spiro atoms. The van der Waals surface area contributed by atoms with Gasteiger partial charge >= 0.3 is 0 Å². The van der Waals surface area contributed by atoms with E-state index in [2.05, 4.69) is 5.10 Å². The average Bonchev–Trinajstić information content (AvgIpc) is 3.16. The normalized spacial score (nSPS) is 18.1. The molecule has 21 heavy (non-hydrogen) atoms. The maximum atomic E-state index is 12.4. The molecule has 0 saturated carbocycles. The lowest BCUT2D eigenvalue weighted by molar-refractivity contribution is 0.0782. The summed E-state index contributed by atoms with van der Waals surface area (Å²) < 4.78 is 1.78.